The Morgan fingerprint density at radius 2 is 1.26 bits per heavy atom. The van der Waals surface area contributed by atoms with E-state index in [-0.39, 0.29) is 4.75 Å². The van der Waals surface area contributed by atoms with Crippen molar-refractivity contribution in [2.75, 3.05) is 0 Å². The molecule has 3 nitrogen and oxygen atoms in total. The summed E-state index contributed by atoms with van der Waals surface area (Å²) in [6, 6.07) is 0. The molecule has 5 heteroatoms. The number of hydrogen-bond donors (Lipinski definition) is 0. The lowest BCUT2D eigenvalue weighted by Gasteiger charge is -2.41. The van der Waals surface area contributed by atoms with E-state index in [2.05, 4.69) is 20.8 Å². The third-order valence-corrected chi connectivity index (χ3v) is 5.67. The molecule has 0 saturated heterocycles. The van der Waals surface area contributed by atoms with Crippen LogP contribution < -0.4 is 0 Å². The summed E-state index contributed by atoms with van der Waals surface area (Å²) >= 11 is -0.0231. The van der Waals surface area contributed by atoms with Gasteiger partial charge in [-0.25, -0.2) is 4.21 Å². The van der Waals surface area contributed by atoms with Crippen LogP contribution in [0.1, 0.15) is 69.2 Å². The molecule has 19 heavy (non-hydrogen) atoms. The summed E-state index contributed by atoms with van der Waals surface area (Å²) in [7, 11) is 0. The van der Waals surface area contributed by atoms with Crippen LogP contribution in [0, 0.1) is 0 Å². The van der Waals surface area contributed by atoms with E-state index in [0.29, 0.717) is 0 Å². The maximum atomic E-state index is 12.5. The molecule has 0 rings (SSSR count). The fraction of sp³-hybridized carbons (Fsp3) is 1.00. The summed E-state index contributed by atoms with van der Waals surface area (Å²) in [4.78, 5) is 0. The van der Waals surface area contributed by atoms with Gasteiger partial charge in [0.05, 0.1) is 15.9 Å². The highest BCUT2D eigenvalue weighted by Crippen LogP contribution is 2.39. The van der Waals surface area contributed by atoms with Gasteiger partial charge in [0.25, 0.3) is 0 Å². The van der Waals surface area contributed by atoms with Crippen LogP contribution >= 0.6 is 12.0 Å². The molecule has 0 radical (unpaired) electrons. The average molecular weight is 311 g/mol. The first-order chi connectivity index (χ1) is 8.08. The van der Waals surface area contributed by atoms with Crippen molar-refractivity contribution in [3.8, 4) is 0 Å². The summed E-state index contributed by atoms with van der Waals surface area (Å²) in [5, 5.41) is 0. The molecule has 0 aliphatic carbocycles. The monoisotopic (exact) mass is 310 g/mol. The molecule has 0 aromatic heterocycles. The Bertz CT molecular complexity index is 323. The van der Waals surface area contributed by atoms with Gasteiger partial charge in [-0.1, -0.05) is 0 Å². The second kappa shape index (κ2) is 6.04. The Balaban J connectivity index is 4.91. The minimum absolute atomic E-state index is 0.000271. The van der Waals surface area contributed by atoms with Crippen LogP contribution in [0.15, 0.2) is 0 Å². The Morgan fingerprint density at radius 1 is 0.842 bits per heavy atom. The summed E-state index contributed by atoms with van der Waals surface area (Å²) < 4.78 is 23.4. The van der Waals surface area contributed by atoms with Gasteiger partial charge in [-0.3, -0.25) is 4.18 Å². The highest BCUT2D eigenvalue weighted by atomic mass is 32.2. The fourth-order valence-corrected chi connectivity index (χ4v) is 2.69. The second-order valence-electron chi connectivity index (χ2n) is 7.73. The quantitative estimate of drug-likeness (QED) is 0.701. The van der Waals surface area contributed by atoms with Crippen LogP contribution in [-0.4, -0.2) is 24.9 Å². The smallest absolute Gasteiger partial charge is 0.164 e. The van der Waals surface area contributed by atoms with Gasteiger partial charge < -0.3 is 4.18 Å². The normalized spacial score (nSPS) is 16.5. The molecule has 0 aromatic carbocycles. The molecule has 0 amide bonds. The van der Waals surface area contributed by atoms with Crippen molar-refractivity contribution in [1.29, 1.82) is 0 Å². The molecule has 0 aromatic rings. The predicted molar refractivity (Wildman–Crippen MR) is 85.6 cm³/mol. The Kier molecular flexibility index (Phi) is 6.17. The molecule has 0 spiro atoms. The van der Waals surface area contributed by atoms with Gasteiger partial charge in [-0.15, -0.1) is 0 Å². The van der Waals surface area contributed by atoms with Crippen LogP contribution in [0.25, 0.3) is 0 Å². The maximum absolute atomic E-state index is 12.5. The van der Waals surface area contributed by atoms with E-state index in [4.69, 9.17) is 8.37 Å². The predicted octanol–water partition coefficient (Wildman–Crippen LogP) is 4.49. The van der Waals surface area contributed by atoms with E-state index >= 15 is 0 Å². The molecule has 0 bridgehead atoms. The average Bonchev–Trinajstić information content (AvgIpc) is 2.10. The first kappa shape index (κ1) is 19.4. The third-order valence-electron chi connectivity index (χ3n) is 2.69. The highest BCUT2D eigenvalue weighted by Gasteiger charge is 2.46. The number of rotatable bonds is 5. The Hall–Kier alpha value is 0.420. The summed E-state index contributed by atoms with van der Waals surface area (Å²) in [5.74, 6) is 0. The molecule has 1 unspecified atom stereocenters. The van der Waals surface area contributed by atoms with Gasteiger partial charge in [0.15, 0.2) is 11.1 Å². The summed E-state index contributed by atoms with van der Waals surface area (Å²) in [6.07, 6.45) is 0. The molecule has 0 N–H and O–H groups in total. The Morgan fingerprint density at radius 3 is 1.58 bits per heavy atom. The van der Waals surface area contributed by atoms with Crippen molar-refractivity contribution >= 4 is 23.1 Å². The Labute approximate surface area is 126 Å². The third kappa shape index (κ3) is 6.61. The summed E-state index contributed by atoms with van der Waals surface area (Å²) in [5.41, 5.74) is -1.00. The topological polar surface area (TPSA) is 35.5 Å². The van der Waals surface area contributed by atoms with Crippen LogP contribution in [0.2, 0.25) is 0 Å². The molecule has 0 saturated carbocycles. The zero-order valence-electron chi connectivity index (χ0n) is 14.0. The minimum Gasteiger partial charge on any atom is -0.307 e. The molecule has 0 aliphatic heterocycles. The van der Waals surface area contributed by atoms with Gasteiger partial charge in [0.1, 0.15) is 0 Å². The molecule has 116 valence electrons. The van der Waals surface area contributed by atoms with Gasteiger partial charge in [0, 0.05) is 4.75 Å². The first-order valence-corrected chi connectivity index (χ1v) is 8.38. The van der Waals surface area contributed by atoms with Crippen LogP contribution in [0.3, 0.4) is 0 Å². The molecule has 0 aliphatic rings. The zero-order valence-corrected chi connectivity index (χ0v) is 15.7. The zero-order chi connectivity index (χ0) is 15.7. The van der Waals surface area contributed by atoms with Crippen LogP contribution in [0.4, 0.5) is 0 Å². The summed E-state index contributed by atoms with van der Waals surface area (Å²) in [6.45, 7) is 19.7. The van der Waals surface area contributed by atoms with E-state index in [1.165, 1.54) is 12.0 Å². The van der Waals surface area contributed by atoms with Gasteiger partial charge >= 0.3 is 0 Å². The molecule has 0 fully saturated rings. The van der Waals surface area contributed by atoms with Crippen LogP contribution in [0.5, 0.6) is 0 Å². The van der Waals surface area contributed by atoms with E-state index in [0.717, 1.165) is 0 Å². The van der Waals surface area contributed by atoms with Gasteiger partial charge in [0.2, 0.25) is 0 Å². The van der Waals surface area contributed by atoms with Crippen molar-refractivity contribution in [3.63, 3.8) is 0 Å². The standard InChI is InChI=1S/C14H30O3S2/c1-11(2,3)17-19(15)14(9,10)13(7,8)16-18-12(4,5)6/h1-10H3. The SMILES string of the molecule is CC(C)(C)OS(=O)C(C)(C)C(C)(C)OSC(C)(C)C. The molecular weight excluding hydrogens is 280 g/mol. The lowest BCUT2D eigenvalue weighted by atomic mass is 9.94. The van der Waals surface area contributed by atoms with Crippen molar-refractivity contribution in [1.82, 2.24) is 0 Å². The lowest BCUT2D eigenvalue weighted by Crippen LogP contribution is -2.51. The van der Waals surface area contributed by atoms with Crippen molar-refractivity contribution in [2.45, 2.75) is 89.9 Å². The second-order valence-corrected chi connectivity index (χ2v) is 10.9. The number of hydrogen-bond acceptors (Lipinski definition) is 4. The molecule has 0 heterocycles. The van der Waals surface area contributed by atoms with E-state index < -0.39 is 27.0 Å². The highest BCUT2D eigenvalue weighted by molar-refractivity contribution is 7.96. The van der Waals surface area contributed by atoms with Crippen molar-refractivity contribution in [3.05, 3.63) is 0 Å². The van der Waals surface area contributed by atoms with Crippen molar-refractivity contribution < 1.29 is 12.6 Å². The van der Waals surface area contributed by atoms with Crippen molar-refractivity contribution in [2.24, 2.45) is 0 Å². The maximum Gasteiger partial charge on any atom is 0.164 e. The van der Waals surface area contributed by atoms with E-state index in [9.17, 15) is 4.21 Å². The van der Waals surface area contributed by atoms with E-state index in [1.807, 2.05) is 48.5 Å². The van der Waals surface area contributed by atoms with Gasteiger partial charge in [-0.2, -0.15) is 0 Å². The molecule has 1 atom stereocenters. The van der Waals surface area contributed by atoms with Gasteiger partial charge in [-0.05, 0) is 81.3 Å². The largest absolute Gasteiger partial charge is 0.307 e. The fourth-order valence-electron chi connectivity index (χ4n) is 0.861. The minimum atomic E-state index is -1.44. The van der Waals surface area contributed by atoms with Crippen LogP contribution in [-0.2, 0) is 19.4 Å². The first-order valence-electron chi connectivity index (χ1n) is 6.57. The lowest BCUT2D eigenvalue weighted by molar-refractivity contribution is 0.0815. The molecular formula is C14H30O3S2. The van der Waals surface area contributed by atoms with E-state index in [1.54, 1.807) is 0 Å².